The molecule has 2 N–H and O–H groups in total. The Kier molecular flexibility index (Phi) is 9.44. The summed E-state index contributed by atoms with van der Waals surface area (Å²) in [6, 6.07) is 27.9. The molecule has 4 rings (SSSR count). The molecule has 4 aromatic rings. The van der Waals surface area contributed by atoms with E-state index < -0.39 is 30.0 Å². The van der Waals surface area contributed by atoms with Gasteiger partial charge in [-0.25, -0.2) is 0 Å². The van der Waals surface area contributed by atoms with Crippen LogP contribution >= 0.6 is 0 Å². The van der Waals surface area contributed by atoms with Gasteiger partial charge in [-0.3, -0.25) is 9.11 Å². The van der Waals surface area contributed by atoms with E-state index >= 15 is 0 Å². The molecule has 0 aliphatic carbocycles. The van der Waals surface area contributed by atoms with E-state index in [9.17, 15) is 25.9 Å². The number of hydrogen-bond acceptors (Lipinski definition) is 4. The van der Waals surface area contributed by atoms with Gasteiger partial charge >= 0.3 is 0 Å². The van der Waals surface area contributed by atoms with Gasteiger partial charge in [0.1, 0.15) is 9.79 Å². The Morgan fingerprint density at radius 2 is 1.03 bits per heavy atom. The summed E-state index contributed by atoms with van der Waals surface area (Å²) in [5.74, 6) is 0. The largest absolute Gasteiger partial charge is 0.296 e. The summed E-state index contributed by atoms with van der Waals surface area (Å²) >= 11 is 0. The number of rotatable bonds is 7. The first kappa shape index (κ1) is 28.7. The van der Waals surface area contributed by atoms with Gasteiger partial charge < -0.3 is 0 Å². The third-order valence-corrected chi connectivity index (χ3v) is 7.42. The first-order valence-electron chi connectivity index (χ1n) is 10.8. The monoisotopic (exact) mass is 541 g/mol. The molecule has 0 aliphatic rings. The van der Waals surface area contributed by atoms with Crippen molar-refractivity contribution in [2.24, 2.45) is 0 Å². The summed E-state index contributed by atoms with van der Waals surface area (Å²) in [7, 11) is -9.97. The Hall–Kier alpha value is -2.82. The molecule has 0 heterocycles. The maximum atomic E-state index is 12.3. The van der Waals surface area contributed by atoms with E-state index in [1.807, 2.05) is 85.0 Å². The molecule has 0 aliphatic heterocycles. The van der Waals surface area contributed by atoms with Crippen LogP contribution in [0.5, 0.6) is 0 Å². The Morgan fingerprint density at radius 1 is 0.514 bits per heavy atom. The third-order valence-electron chi connectivity index (χ3n) is 5.44. The summed E-state index contributed by atoms with van der Waals surface area (Å²) < 4.78 is 68.2. The van der Waals surface area contributed by atoms with Crippen molar-refractivity contribution >= 4 is 74.1 Å². The van der Waals surface area contributed by atoms with Gasteiger partial charge in [0.05, 0.1) is 0 Å². The molecule has 0 aromatic heterocycles. The summed E-state index contributed by atoms with van der Waals surface area (Å²) in [6.45, 7) is 0. The van der Waals surface area contributed by atoms with Gasteiger partial charge in [0.25, 0.3) is 20.2 Å². The van der Waals surface area contributed by atoms with E-state index in [-0.39, 0.29) is 35.1 Å². The van der Waals surface area contributed by atoms with Gasteiger partial charge in [-0.2, -0.15) is 16.8 Å². The molecule has 0 unspecified atom stereocenters. The fraction of sp³-hybridized carbons (Fsp3) is 0. The normalized spacial score (nSPS) is 12.1. The maximum Gasteiger partial charge on any atom is 0.296 e. The SMILES string of the molecule is O=S(=O)(O)c1cccc(-c2cccc(C=Cc3ccccc3)c2C=Cc2ccccc2)c1S(=O)(=O)O.[Na]. The minimum atomic E-state index is -5.03. The van der Waals surface area contributed by atoms with Gasteiger partial charge in [0.2, 0.25) is 0 Å². The summed E-state index contributed by atoms with van der Waals surface area (Å²) in [5.41, 5.74) is 3.46. The predicted octanol–water partition coefficient (Wildman–Crippen LogP) is 5.81. The Bertz CT molecular complexity index is 1660. The Balaban J connectivity index is 0.00000380. The molecule has 37 heavy (non-hydrogen) atoms. The average Bonchev–Trinajstić information content (AvgIpc) is 2.86. The van der Waals surface area contributed by atoms with Crippen LogP contribution in [0.4, 0.5) is 0 Å². The predicted molar refractivity (Wildman–Crippen MR) is 148 cm³/mol. The molecule has 6 nitrogen and oxygen atoms in total. The minimum absolute atomic E-state index is 0. The molecule has 0 spiro atoms. The Morgan fingerprint density at radius 3 is 1.57 bits per heavy atom. The van der Waals surface area contributed by atoms with Crippen LogP contribution in [-0.4, -0.2) is 55.5 Å². The topological polar surface area (TPSA) is 109 Å². The summed E-state index contributed by atoms with van der Waals surface area (Å²) in [4.78, 5) is -1.78. The van der Waals surface area contributed by atoms with Gasteiger partial charge in [-0.05, 0) is 33.9 Å². The zero-order chi connectivity index (χ0) is 25.8. The quantitative estimate of drug-likeness (QED) is 0.174. The maximum absolute atomic E-state index is 12.3. The van der Waals surface area contributed by atoms with Crippen LogP contribution in [0.25, 0.3) is 35.4 Å². The van der Waals surface area contributed by atoms with E-state index in [1.54, 1.807) is 18.2 Å². The molecule has 0 fully saturated rings. The molecule has 4 aromatic carbocycles. The molecule has 9 heteroatoms. The van der Waals surface area contributed by atoms with Gasteiger partial charge in [-0.15, -0.1) is 0 Å². The van der Waals surface area contributed by atoms with Crippen molar-refractivity contribution in [1.29, 1.82) is 0 Å². The van der Waals surface area contributed by atoms with E-state index in [0.29, 0.717) is 11.1 Å². The second-order valence-electron chi connectivity index (χ2n) is 7.88. The molecule has 0 saturated heterocycles. The van der Waals surface area contributed by atoms with Crippen molar-refractivity contribution < 1.29 is 25.9 Å². The van der Waals surface area contributed by atoms with Crippen molar-refractivity contribution in [2.75, 3.05) is 0 Å². The van der Waals surface area contributed by atoms with Crippen LogP contribution in [0.15, 0.2) is 107 Å². The van der Waals surface area contributed by atoms with Crippen molar-refractivity contribution in [1.82, 2.24) is 0 Å². The molecule has 0 saturated carbocycles. The fourth-order valence-electron chi connectivity index (χ4n) is 3.84. The smallest absolute Gasteiger partial charge is 0.282 e. The molecule has 183 valence electrons. The zero-order valence-corrected chi connectivity index (χ0v) is 23.5. The van der Waals surface area contributed by atoms with Gasteiger partial charge in [0, 0.05) is 35.1 Å². The van der Waals surface area contributed by atoms with Crippen LogP contribution in [0.1, 0.15) is 22.3 Å². The standard InChI is InChI=1S/C28H22O6S2.Na/c29-35(30,31)27-16-8-15-26(28(27)36(32,33)34)25-14-7-13-23(19-17-21-9-3-1-4-10-21)24(25)20-18-22-11-5-2-6-12-22;/h1-20H,(H,29,30,31)(H,32,33,34);. The molecule has 1 radical (unpaired) electrons. The van der Waals surface area contributed by atoms with Crippen molar-refractivity contribution in [3.63, 3.8) is 0 Å². The fourth-order valence-corrected chi connectivity index (χ4v) is 5.85. The van der Waals surface area contributed by atoms with E-state index in [2.05, 4.69) is 0 Å². The van der Waals surface area contributed by atoms with Gasteiger partial charge in [-0.1, -0.05) is 115 Å². The zero-order valence-electron chi connectivity index (χ0n) is 19.9. The Labute approximate surface area is 238 Å². The molecule has 0 amide bonds. The average molecular weight is 542 g/mol. The van der Waals surface area contributed by atoms with Crippen molar-refractivity contribution in [3.8, 4) is 11.1 Å². The van der Waals surface area contributed by atoms with E-state index in [1.165, 1.54) is 12.1 Å². The third kappa shape index (κ3) is 7.15. The molecule has 0 bridgehead atoms. The second-order valence-corrected chi connectivity index (χ2v) is 10.6. The summed E-state index contributed by atoms with van der Waals surface area (Å²) in [6.07, 6.45) is 7.40. The van der Waals surface area contributed by atoms with Crippen molar-refractivity contribution in [2.45, 2.75) is 9.79 Å². The second kappa shape index (κ2) is 12.1. The minimum Gasteiger partial charge on any atom is -0.282 e. The van der Waals surface area contributed by atoms with E-state index in [0.717, 1.165) is 22.8 Å². The van der Waals surface area contributed by atoms with Crippen LogP contribution in [0, 0.1) is 0 Å². The van der Waals surface area contributed by atoms with E-state index in [4.69, 9.17) is 0 Å². The molecular weight excluding hydrogens is 519 g/mol. The first-order chi connectivity index (χ1) is 17.1. The van der Waals surface area contributed by atoms with Crippen LogP contribution in [0.3, 0.4) is 0 Å². The molecular formula is C28H22NaO6S2. The van der Waals surface area contributed by atoms with Crippen LogP contribution in [0.2, 0.25) is 0 Å². The molecule has 0 atom stereocenters. The van der Waals surface area contributed by atoms with Gasteiger partial charge in [0.15, 0.2) is 0 Å². The van der Waals surface area contributed by atoms with Crippen molar-refractivity contribution in [3.05, 3.63) is 119 Å². The van der Waals surface area contributed by atoms with Crippen LogP contribution in [-0.2, 0) is 20.2 Å². The van der Waals surface area contributed by atoms with Crippen LogP contribution < -0.4 is 0 Å². The number of hydrogen-bond donors (Lipinski definition) is 2. The summed E-state index contributed by atoms with van der Waals surface area (Å²) in [5, 5.41) is 0. The number of benzene rings is 4. The first-order valence-corrected chi connectivity index (χ1v) is 13.7.